The molecule has 1 N–H and O–H groups in total. The lowest BCUT2D eigenvalue weighted by atomic mass is 9.99. The molecule has 0 radical (unpaired) electrons. The number of aliphatic hydroxyl groups excluding tert-OH is 1. The molecule has 0 aromatic carbocycles. The van der Waals surface area contributed by atoms with Crippen molar-refractivity contribution in [3.63, 3.8) is 0 Å². The van der Waals surface area contributed by atoms with Crippen molar-refractivity contribution in [2.75, 3.05) is 19.7 Å². The van der Waals surface area contributed by atoms with Crippen molar-refractivity contribution < 1.29 is 18.3 Å². The van der Waals surface area contributed by atoms with E-state index in [0.29, 0.717) is 17.7 Å². The zero-order valence-corrected chi connectivity index (χ0v) is 24.0. The first-order valence-corrected chi connectivity index (χ1v) is 14.8. The van der Waals surface area contributed by atoms with Crippen molar-refractivity contribution in [2.45, 2.75) is 104 Å². The Balaban J connectivity index is 0.00000154. The number of likely N-dealkylation sites (tertiary alicyclic amines) is 1. The van der Waals surface area contributed by atoms with E-state index in [-0.39, 0.29) is 18.9 Å². The van der Waals surface area contributed by atoms with Gasteiger partial charge in [-0.3, -0.25) is 4.90 Å². The van der Waals surface area contributed by atoms with E-state index >= 15 is 0 Å². The van der Waals surface area contributed by atoms with Gasteiger partial charge in [-0.2, -0.15) is 13.2 Å². The van der Waals surface area contributed by atoms with Crippen LogP contribution in [0.2, 0.25) is 0 Å². The highest BCUT2D eigenvalue weighted by Gasteiger charge is 2.36. The van der Waals surface area contributed by atoms with E-state index < -0.39 is 11.7 Å². The van der Waals surface area contributed by atoms with Crippen LogP contribution in [-0.4, -0.2) is 47.2 Å². The maximum Gasteiger partial charge on any atom is 0.412 e. The molecule has 0 amide bonds. The van der Waals surface area contributed by atoms with Gasteiger partial charge in [-0.05, 0) is 61.0 Å². The van der Waals surface area contributed by atoms with Crippen LogP contribution in [0.15, 0.2) is 58.1 Å². The van der Waals surface area contributed by atoms with Crippen LogP contribution in [0.3, 0.4) is 0 Å². The van der Waals surface area contributed by atoms with Crippen molar-refractivity contribution in [3.8, 4) is 0 Å². The number of hydrogen-bond donors (Lipinski definition) is 1. The fourth-order valence-corrected chi connectivity index (χ4v) is 6.75. The first-order valence-electron chi connectivity index (χ1n) is 13.9. The Kier molecular flexibility index (Phi) is 15.8. The molecule has 36 heavy (non-hydrogen) atoms. The molecule has 0 aromatic heterocycles. The normalized spacial score (nSPS) is 26.2. The second-order valence-electron chi connectivity index (χ2n) is 8.78. The number of rotatable bonds is 6. The molecule has 3 aliphatic rings. The van der Waals surface area contributed by atoms with E-state index in [4.69, 9.17) is 0 Å². The second kappa shape index (κ2) is 17.3. The molecule has 1 aliphatic carbocycles. The third-order valence-electron chi connectivity index (χ3n) is 6.79. The number of allylic oxidation sites excluding steroid dienone is 7. The Labute approximate surface area is 222 Å². The SMILES string of the molecule is CC.CC.CC/C=C1/CCN(C(CC)C2CC=C(C3C=CC=C(C(F)(F)F)CC3)S2)CC/C1=C/CO. The van der Waals surface area contributed by atoms with E-state index in [2.05, 4.69) is 30.9 Å². The third kappa shape index (κ3) is 9.57. The van der Waals surface area contributed by atoms with Crippen LogP contribution in [-0.2, 0) is 0 Å². The highest BCUT2D eigenvalue weighted by atomic mass is 32.2. The number of aliphatic hydroxyl groups is 1. The molecule has 1 fully saturated rings. The number of thioether (sulfide) groups is 1. The zero-order chi connectivity index (χ0) is 27.1. The van der Waals surface area contributed by atoms with Crippen molar-refractivity contribution >= 4 is 11.8 Å². The molecular weight excluding hydrogens is 479 g/mol. The molecule has 206 valence electrons. The fraction of sp³-hybridized carbons (Fsp3) is 0.667. The minimum atomic E-state index is -4.23. The predicted octanol–water partition coefficient (Wildman–Crippen LogP) is 9.01. The summed E-state index contributed by atoms with van der Waals surface area (Å²) in [6.07, 6.45) is 12.7. The summed E-state index contributed by atoms with van der Waals surface area (Å²) in [6.45, 7) is 14.5. The van der Waals surface area contributed by atoms with E-state index in [0.717, 1.165) is 45.2 Å². The van der Waals surface area contributed by atoms with E-state index in [1.807, 2.05) is 51.6 Å². The van der Waals surface area contributed by atoms with Gasteiger partial charge in [-0.25, -0.2) is 0 Å². The lowest BCUT2D eigenvalue weighted by Crippen LogP contribution is -2.41. The molecule has 3 atom stereocenters. The summed E-state index contributed by atoms with van der Waals surface area (Å²) in [7, 11) is 0. The monoisotopic (exact) mass is 527 g/mol. The van der Waals surface area contributed by atoms with E-state index in [1.165, 1.54) is 22.1 Å². The Morgan fingerprint density at radius 1 is 1.06 bits per heavy atom. The van der Waals surface area contributed by atoms with Crippen LogP contribution in [0.4, 0.5) is 13.2 Å². The second-order valence-corrected chi connectivity index (χ2v) is 10.1. The molecule has 3 rings (SSSR count). The van der Waals surface area contributed by atoms with Crippen molar-refractivity contribution in [3.05, 3.63) is 58.1 Å². The summed E-state index contributed by atoms with van der Waals surface area (Å²) in [5, 5.41) is 9.87. The van der Waals surface area contributed by atoms with Crippen molar-refractivity contribution in [1.29, 1.82) is 0 Å². The number of alkyl halides is 3. The molecule has 2 heterocycles. The molecule has 2 aliphatic heterocycles. The minimum Gasteiger partial charge on any atom is -0.392 e. The molecule has 1 saturated heterocycles. The van der Waals surface area contributed by atoms with Gasteiger partial charge in [0.1, 0.15) is 0 Å². The molecular formula is C30H48F3NOS. The lowest BCUT2D eigenvalue weighted by molar-refractivity contribution is -0.0941. The fourth-order valence-electron chi connectivity index (χ4n) is 5.12. The van der Waals surface area contributed by atoms with Gasteiger partial charge < -0.3 is 5.11 Å². The standard InChI is InChI=1S/C26H36F3NOS.2C2H6/c1-3-6-19-13-16-30(17-14-20(19)15-18-31)23(4-2)25-12-11-24(32-25)21-7-5-8-22(10-9-21)26(27,28)29;2*1-2/h5-8,11,15,21,23,25,31H,3-4,9-10,12-14,16-18H2,1-2H3;2*1-2H3/b19-6-,20-15-;;. The van der Waals surface area contributed by atoms with Crippen molar-refractivity contribution in [2.24, 2.45) is 5.92 Å². The van der Waals surface area contributed by atoms with Gasteiger partial charge in [0, 0.05) is 35.9 Å². The summed E-state index contributed by atoms with van der Waals surface area (Å²) < 4.78 is 39.2. The summed E-state index contributed by atoms with van der Waals surface area (Å²) in [6, 6.07) is 0.448. The van der Waals surface area contributed by atoms with E-state index in [9.17, 15) is 18.3 Å². The summed E-state index contributed by atoms with van der Waals surface area (Å²) >= 11 is 1.88. The Morgan fingerprint density at radius 2 is 1.69 bits per heavy atom. The molecule has 2 nitrogen and oxygen atoms in total. The largest absolute Gasteiger partial charge is 0.412 e. The maximum atomic E-state index is 13.1. The smallest absolute Gasteiger partial charge is 0.392 e. The van der Waals surface area contributed by atoms with Gasteiger partial charge in [-0.1, -0.05) is 78.0 Å². The predicted molar refractivity (Wildman–Crippen MR) is 151 cm³/mol. The summed E-state index contributed by atoms with van der Waals surface area (Å²) in [5.74, 6) is 0.0842. The number of nitrogens with zero attached hydrogens (tertiary/aromatic N) is 1. The van der Waals surface area contributed by atoms with Crippen LogP contribution < -0.4 is 0 Å². The van der Waals surface area contributed by atoms with Crippen LogP contribution in [0.1, 0.15) is 86.5 Å². The van der Waals surface area contributed by atoms with Gasteiger partial charge in [0.15, 0.2) is 0 Å². The van der Waals surface area contributed by atoms with Gasteiger partial charge in [0.2, 0.25) is 0 Å². The average molecular weight is 528 g/mol. The number of halogens is 3. The number of hydrogen-bond acceptors (Lipinski definition) is 3. The quantitative estimate of drug-likeness (QED) is 0.373. The first-order chi connectivity index (χ1) is 17.4. The van der Waals surface area contributed by atoms with E-state index in [1.54, 1.807) is 6.08 Å². The van der Waals surface area contributed by atoms with Crippen LogP contribution in [0, 0.1) is 5.92 Å². The van der Waals surface area contributed by atoms with Crippen molar-refractivity contribution in [1.82, 2.24) is 4.90 Å². The minimum absolute atomic E-state index is 0.0825. The van der Waals surface area contributed by atoms with Crippen LogP contribution in [0.5, 0.6) is 0 Å². The van der Waals surface area contributed by atoms with Crippen LogP contribution in [0.25, 0.3) is 0 Å². The van der Waals surface area contributed by atoms with Gasteiger partial charge in [0.25, 0.3) is 0 Å². The topological polar surface area (TPSA) is 23.5 Å². The van der Waals surface area contributed by atoms with Crippen LogP contribution >= 0.6 is 11.8 Å². The summed E-state index contributed by atoms with van der Waals surface area (Å²) in [5.41, 5.74) is 2.23. The zero-order valence-electron chi connectivity index (χ0n) is 23.2. The third-order valence-corrected chi connectivity index (χ3v) is 8.34. The Hall–Kier alpha value is -1.24. The Bertz CT molecular complexity index is 771. The molecule has 0 bridgehead atoms. The summed E-state index contributed by atoms with van der Waals surface area (Å²) in [4.78, 5) is 3.84. The Morgan fingerprint density at radius 3 is 2.25 bits per heavy atom. The first kappa shape index (κ1) is 32.8. The molecule has 0 saturated carbocycles. The van der Waals surface area contributed by atoms with Gasteiger partial charge in [0.05, 0.1) is 6.61 Å². The molecule has 6 heteroatoms. The highest BCUT2D eigenvalue weighted by Crippen LogP contribution is 2.44. The highest BCUT2D eigenvalue weighted by molar-refractivity contribution is 8.04. The maximum absolute atomic E-state index is 13.1. The molecule has 0 spiro atoms. The van der Waals surface area contributed by atoms with Gasteiger partial charge >= 0.3 is 6.18 Å². The van der Waals surface area contributed by atoms with Gasteiger partial charge in [-0.15, -0.1) is 11.8 Å². The molecule has 3 unspecified atom stereocenters. The molecule has 0 aromatic rings. The average Bonchev–Trinajstić information content (AvgIpc) is 3.09. The lowest BCUT2D eigenvalue weighted by Gasteiger charge is -2.34.